The highest BCUT2D eigenvalue weighted by Gasteiger charge is 2.28. The van der Waals surface area contributed by atoms with E-state index in [1.807, 2.05) is 62.4 Å². The van der Waals surface area contributed by atoms with Crippen molar-refractivity contribution in [2.45, 2.75) is 64.6 Å². The average Bonchev–Trinajstić information content (AvgIpc) is 3.20. The zero-order chi connectivity index (χ0) is 20.8. The monoisotopic (exact) mass is 456 g/mol. The van der Waals surface area contributed by atoms with Crippen LogP contribution in [0.3, 0.4) is 0 Å². The summed E-state index contributed by atoms with van der Waals surface area (Å²) in [6.45, 7) is 4.26. The molecule has 0 aliphatic heterocycles. The molecule has 2 aromatic rings. The van der Waals surface area contributed by atoms with Gasteiger partial charge in [0, 0.05) is 17.1 Å². The molecule has 154 valence electrons. The van der Waals surface area contributed by atoms with Crippen molar-refractivity contribution >= 4 is 27.7 Å². The Morgan fingerprint density at radius 2 is 1.79 bits per heavy atom. The third kappa shape index (κ3) is 6.17. The van der Waals surface area contributed by atoms with Gasteiger partial charge in [0.05, 0.1) is 6.42 Å². The van der Waals surface area contributed by atoms with E-state index in [0.29, 0.717) is 13.0 Å². The van der Waals surface area contributed by atoms with Crippen molar-refractivity contribution in [3.05, 3.63) is 69.7 Å². The standard InChI is InChI=1S/C24H29BrN2O2/c1-17-6-5-7-20(14-17)15-23(28)27(16-19-10-12-21(25)13-11-19)18(2)24(29)26-22-8-3-4-9-22/h5-7,10-14,18,22H,3-4,8-9,15-16H2,1-2H3,(H,26,29)/t18-/m0/s1. The van der Waals surface area contributed by atoms with Gasteiger partial charge in [0.1, 0.15) is 6.04 Å². The molecule has 0 aromatic heterocycles. The van der Waals surface area contributed by atoms with Crippen LogP contribution in [0.15, 0.2) is 53.0 Å². The number of carbonyl (C=O) groups is 2. The molecule has 0 radical (unpaired) electrons. The molecule has 0 spiro atoms. The van der Waals surface area contributed by atoms with Crippen LogP contribution in [0.2, 0.25) is 0 Å². The van der Waals surface area contributed by atoms with E-state index in [-0.39, 0.29) is 17.9 Å². The molecule has 0 unspecified atom stereocenters. The summed E-state index contributed by atoms with van der Waals surface area (Å²) < 4.78 is 0.992. The van der Waals surface area contributed by atoms with Crippen molar-refractivity contribution in [3.8, 4) is 0 Å². The molecular weight excluding hydrogens is 428 g/mol. The molecule has 3 rings (SSSR count). The summed E-state index contributed by atoms with van der Waals surface area (Å²) in [5, 5.41) is 3.14. The van der Waals surface area contributed by atoms with Crippen LogP contribution in [0.5, 0.6) is 0 Å². The maximum atomic E-state index is 13.2. The number of amides is 2. The van der Waals surface area contributed by atoms with Crippen molar-refractivity contribution in [1.29, 1.82) is 0 Å². The number of nitrogens with one attached hydrogen (secondary N) is 1. The Labute approximate surface area is 181 Å². The number of halogens is 1. The SMILES string of the molecule is Cc1cccc(CC(=O)N(Cc2ccc(Br)cc2)[C@@H](C)C(=O)NC2CCCC2)c1. The molecule has 0 heterocycles. The molecule has 1 fully saturated rings. The van der Waals surface area contributed by atoms with E-state index in [2.05, 4.69) is 21.2 Å². The Balaban J connectivity index is 1.76. The maximum Gasteiger partial charge on any atom is 0.242 e. The van der Waals surface area contributed by atoms with E-state index < -0.39 is 6.04 Å². The van der Waals surface area contributed by atoms with Crippen molar-refractivity contribution in [2.24, 2.45) is 0 Å². The minimum atomic E-state index is -0.517. The van der Waals surface area contributed by atoms with Gasteiger partial charge in [-0.2, -0.15) is 0 Å². The van der Waals surface area contributed by atoms with Gasteiger partial charge in [-0.3, -0.25) is 9.59 Å². The van der Waals surface area contributed by atoms with Crippen LogP contribution in [0.25, 0.3) is 0 Å². The first-order chi connectivity index (χ1) is 13.9. The van der Waals surface area contributed by atoms with Gasteiger partial charge in [0.15, 0.2) is 0 Å². The van der Waals surface area contributed by atoms with Crippen LogP contribution < -0.4 is 5.32 Å². The largest absolute Gasteiger partial charge is 0.352 e. The Bertz CT molecular complexity index is 844. The fourth-order valence-electron chi connectivity index (χ4n) is 3.86. The van der Waals surface area contributed by atoms with E-state index in [1.165, 1.54) is 0 Å². The van der Waals surface area contributed by atoms with Crippen molar-refractivity contribution < 1.29 is 9.59 Å². The van der Waals surface area contributed by atoms with Crippen LogP contribution in [-0.2, 0) is 22.6 Å². The summed E-state index contributed by atoms with van der Waals surface area (Å²) >= 11 is 3.45. The highest BCUT2D eigenvalue weighted by atomic mass is 79.9. The topological polar surface area (TPSA) is 49.4 Å². The number of benzene rings is 2. The van der Waals surface area contributed by atoms with Crippen molar-refractivity contribution in [2.75, 3.05) is 0 Å². The Hall–Kier alpha value is -2.14. The summed E-state index contributed by atoms with van der Waals surface area (Å²) in [6.07, 6.45) is 4.67. The molecule has 29 heavy (non-hydrogen) atoms. The second-order valence-electron chi connectivity index (χ2n) is 7.98. The van der Waals surface area contributed by atoms with Gasteiger partial charge < -0.3 is 10.2 Å². The maximum absolute atomic E-state index is 13.2. The Morgan fingerprint density at radius 3 is 2.45 bits per heavy atom. The second-order valence-corrected chi connectivity index (χ2v) is 8.90. The van der Waals surface area contributed by atoms with Crippen LogP contribution in [0.1, 0.15) is 49.3 Å². The molecule has 4 nitrogen and oxygen atoms in total. The van der Waals surface area contributed by atoms with E-state index >= 15 is 0 Å². The lowest BCUT2D eigenvalue weighted by Crippen LogP contribution is -2.50. The van der Waals surface area contributed by atoms with E-state index in [4.69, 9.17) is 0 Å². The predicted molar refractivity (Wildman–Crippen MR) is 119 cm³/mol. The number of rotatable bonds is 7. The van der Waals surface area contributed by atoms with Gasteiger partial charge in [0.25, 0.3) is 0 Å². The Kier molecular flexibility index (Phi) is 7.48. The summed E-state index contributed by atoms with van der Waals surface area (Å²) in [6, 6.07) is 15.6. The van der Waals surface area contributed by atoms with Crippen molar-refractivity contribution in [1.82, 2.24) is 10.2 Å². The molecule has 2 amide bonds. The molecule has 1 aliphatic rings. The minimum absolute atomic E-state index is 0.0346. The molecule has 1 aliphatic carbocycles. The van der Waals surface area contributed by atoms with Gasteiger partial charge in [-0.05, 0) is 49.9 Å². The first kappa shape index (κ1) is 21.6. The molecule has 0 saturated heterocycles. The first-order valence-corrected chi connectivity index (χ1v) is 11.1. The zero-order valence-electron chi connectivity index (χ0n) is 17.2. The predicted octanol–water partition coefficient (Wildman–Crippen LogP) is 4.78. The van der Waals surface area contributed by atoms with Crippen LogP contribution in [0.4, 0.5) is 0 Å². The lowest BCUT2D eigenvalue weighted by atomic mass is 10.1. The van der Waals surface area contributed by atoms with E-state index in [1.54, 1.807) is 4.90 Å². The van der Waals surface area contributed by atoms with Gasteiger partial charge in [-0.15, -0.1) is 0 Å². The quantitative estimate of drug-likeness (QED) is 0.651. The number of carbonyl (C=O) groups excluding carboxylic acids is 2. The lowest BCUT2D eigenvalue weighted by Gasteiger charge is -2.30. The summed E-state index contributed by atoms with van der Waals surface area (Å²) in [7, 11) is 0. The lowest BCUT2D eigenvalue weighted by molar-refractivity contribution is -0.140. The Morgan fingerprint density at radius 1 is 1.10 bits per heavy atom. The third-order valence-electron chi connectivity index (χ3n) is 5.57. The molecule has 1 saturated carbocycles. The van der Waals surface area contributed by atoms with E-state index in [0.717, 1.165) is 46.8 Å². The molecule has 1 atom stereocenters. The molecule has 5 heteroatoms. The summed E-state index contributed by atoms with van der Waals surface area (Å²) in [4.78, 5) is 27.8. The van der Waals surface area contributed by atoms with Crippen LogP contribution in [0, 0.1) is 6.92 Å². The molecule has 0 bridgehead atoms. The fraction of sp³-hybridized carbons (Fsp3) is 0.417. The fourth-order valence-corrected chi connectivity index (χ4v) is 4.12. The molecule has 2 aromatic carbocycles. The molecule has 1 N–H and O–H groups in total. The average molecular weight is 457 g/mol. The number of hydrogen-bond acceptors (Lipinski definition) is 2. The number of nitrogens with zero attached hydrogens (tertiary/aromatic N) is 1. The first-order valence-electron chi connectivity index (χ1n) is 10.3. The van der Waals surface area contributed by atoms with Gasteiger partial charge in [-0.1, -0.05) is 70.7 Å². The zero-order valence-corrected chi connectivity index (χ0v) is 18.7. The number of aryl methyl sites for hydroxylation is 1. The van der Waals surface area contributed by atoms with Crippen LogP contribution >= 0.6 is 15.9 Å². The summed E-state index contributed by atoms with van der Waals surface area (Å²) in [5.74, 6) is -0.0980. The van der Waals surface area contributed by atoms with Gasteiger partial charge in [-0.25, -0.2) is 0 Å². The normalized spacial score (nSPS) is 15.1. The van der Waals surface area contributed by atoms with Crippen LogP contribution in [-0.4, -0.2) is 28.8 Å². The highest BCUT2D eigenvalue weighted by Crippen LogP contribution is 2.19. The summed E-state index contributed by atoms with van der Waals surface area (Å²) in [5.41, 5.74) is 3.10. The van der Waals surface area contributed by atoms with Gasteiger partial charge in [0.2, 0.25) is 11.8 Å². The number of hydrogen-bond donors (Lipinski definition) is 1. The third-order valence-corrected chi connectivity index (χ3v) is 6.10. The molecular formula is C24H29BrN2O2. The smallest absolute Gasteiger partial charge is 0.242 e. The van der Waals surface area contributed by atoms with Gasteiger partial charge >= 0.3 is 0 Å². The second kappa shape index (κ2) is 10.1. The van der Waals surface area contributed by atoms with E-state index in [9.17, 15) is 9.59 Å². The minimum Gasteiger partial charge on any atom is -0.352 e. The van der Waals surface area contributed by atoms with Crippen molar-refractivity contribution in [3.63, 3.8) is 0 Å². The highest BCUT2D eigenvalue weighted by molar-refractivity contribution is 9.10.